The van der Waals surface area contributed by atoms with Crippen LogP contribution in [0.25, 0.3) is 0 Å². The van der Waals surface area contributed by atoms with Gasteiger partial charge in [-0.05, 0) is 88.4 Å². The molecule has 2 saturated heterocycles. The lowest BCUT2D eigenvalue weighted by Crippen LogP contribution is -2.40. The van der Waals surface area contributed by atoms with E-state index in [2.05, 4.69) is 14.5 Å². The third-order valence-electron chi connectivity index (χ3n) is 6.68. The highest BCUT2D eigenvalue weighted by Crippen LogP contribution is 2.33. The molecule has 4 rings (SSSR count). The zero-order chi connectivity index (χ0) is 23.6. The highest BCUT2D eigenvalue weighted by Gasteiger charge is 2.27. The minimum atomic E-state index is -3.87. The standard InChI is InChI=1S/C25H33N3O4S/c1-18-7-10-24(19(2)14-18)33(31,32)26-22-15-21(25(29)30)8-9-23(22)28-13-5-6-20(17-28)16-27-11-3-4-12-27/h7-10,14-15,20,26H,3-6,11-13,16-17H2,1-2H3,(H,29,30). The number of benzene rings is 2. The predicted molar refractivity (Wildman–Crippen MR) is 131 cm³/mol. The lowest BCUT2D eigenvalue weighted by molar-refractivity contribution is 0.0697. The molecule has 0 amide bonds. The van der Waals surface area contributed by atoms with Gasteiger partial charge in [-0.3, -0.25) is 4.72 Å². The summed E-state index contributed by atoms with van der Waals surface area (Å²) in [7, 11) is -3.87. The first kappa shape index (κ1) is 23.6. The molecular weight excluding hydrogens is 438 g/mol. The molecule has 2 heterocycles. The summed E-state index contributed by atoms with van der Waals surface area (Å²) in [6.07, 6.45) is 4.71. The van der Waals surface area contributed by atoms with Gasteiger partial charge in [0.15, 0.2) is 0 Å². The Morgan fingerprint density at radius 3 is 2.52 bits per heavy atom. The first-order valence-electron chi connectivity index (χ1n) is 11.7. The molecule has 2 aliphatic rings. The van der Waals surface area contributed by atoms with E-state index in [1.54, 1.807) is 31.2 Å². The summed E-state index contributed by atoms with van der Waals surface area (Å²) in [5, 5.41) is 9.51. The molecule has 1 unspecified atom stereocenters. The molecule has 1 atom stereocenters. The van der Waals surface area contributed by atoms with E-state index in [0.29, 0.717) is 17.2 Å². The number of hydrogen-bond donors (Lipinski definition) is 2. The summed E-state index contributed by atoms with van der Waals surface area (Å²) < 4.78 is 29.2. The fourth-order valence-electron chi connectivity index (χ4n) is 5.09. The van der Waals surface area contributed by atoms with Gasteiger partial charge in [0.2, 0.25) is 0 Å². The van der Waals surface area contributed by atoms with E-state index in [9.17, 15) is 18.3 Å². The largest absolute Gasteiger partial charge is 0.478 e. The smallest absolute Gasteiger partial charge is 0.335 e. The molecule has 0 aromatic heterocycles. The van der Waals surface area contributed by atoms with Crippen molar-refractivity contribution in [1.82, 2.24) is 4.90 Å². The van der Waals surface area contributed by atoms with Crippen molar-refractivity contribution in [3.8, 4) is 0 Å². The third kappa shape index (κ3) is 5.50. The summed E-state index contributed by atoms with van der Waals surface area (Å²) in [6.45, 7) is 8.72. The van der Waals surface area contributed by atoms with Crippen LogP contribution in [0, 0.1) is 19.8 Å². The second-order valence-electron chi connectivity index (χ2n) is 9.37. The van der Waals surface area contributed by atoms with Crippen molar-refractivity contribution in [2.75, 3.05) is 42.3 Å². The predicted octanol–water partition coefficient (Wildman–Crippen LogP) is 4.11. The Kier molecular flexibility index (Phi) is 6.95. The van der Waals surface area contributed by atoms with Crippen molar-refractivity contribution in [1.29, 1.82) is 0 Å². The summed E-state index contributed by atoms with van der Waals surface area (Å²) >= 11 is 0. The lowest BCUT2D eigenvalue weighted by Gasteiger charge is -2.37. The van der Waals surface area contributed by atoms with Crippen molar-refractivity contribution in [3.63, 3.8) is 0 Å². The Labute approximate surface area is 196 Å². The molecule has 2 fully saturated rings. The van der Waals surface area contributed by atoms with Crippen LogP contribution >= 0.6 is 0 Å². The van der Waals surface area contributed by atoms with Gasteiger partial charge >= 0.3 is 5.97 Å². The van der Waals surface area contributed by atoms with E-state index in [0.717, 1.165) is 56.8 Å². The molecule has 2 aromatic carbocycles. The minimum absolute atomic E-state index is 0.0581. The topological polar surface area (TPSA) is 89.9 Å². The number of sulfonamides is 1. The summed E-state index contributed by atoms with van der Waals surface area (Å²) in [4.78, 5) is 16.5. The number of aromatic carboxylic acids is 1. The van der Waals surface area contributed by atoms with Gasteiger partial charge in [0.05, 0.1) is 21.8 Å². The van der Waals surface area contributed by atoms with Crippen LogP contribution in [0.1, 0.15) is 47.2 Å². The van der Waals surface area contributed by atoms with Gasteiger partial charge in [0.25, 0.3) is 10.0 Å². The Bertz CT molecular complexity index is 1130. The number of nitrogens with one attached hydrogen (secondary N) is 1. The molecule has 178 valence electrons. The molecule has 2 aliphatic heterocycles. The van der Waals surface area contributed by atoms with Crippen LogP contribution in [0.4, 0.5) is 11.4 Å². The van der Waals surface area contributed by atoms with Crippen molar-refractivity contribution >= 4 is 27.4 Å². The molecule has 0 radical (unpaired) electrons. The molecule has 0 saturated carbocycles. The van der Waals surface area contributed by atoms with Crippen molar-refractivity contribution in [2.45, 2.75) is 44.4 Å². The zero-order valence-electron chi connectivity index (χ0n) is 19.4. The summed E-state index contributed by atoms with van der Waals surface area (Å²) in [5.74, 6) is -0.570. The first-order chi connectivity index (χ1) is 15.7. The second kappa shape index (κ2) is 9.73. The van der Waals surface area contributed by atoms with Crippen LogP contribution in [0.2, 0.25) is 0 Å². The lowest BCUT2D eigenvalue weighted by atomic mass is 9.96. The number of carboxylic acids is 1. The van der Waals surface area contributed by atoms with Crippen LogP contribution in [0.3, 0.4) is 0 Å². The Hall–Kier alpha value is -2.58. The van der Waals surface area contributed by atoms with Crippen LogP contribution in [-0.2, 0) is 10.0 Å². The second-order valence-corrected chi connectivity index (χ2v) is 11.0. The molecule has 33 heavy (non-hydrogen) atoms. The average molecular weight is 472 g/mol. The van der Waals surface area contributed by atoms with E-state index < -0.39 is 16.0 Å². The molecule has 2 aromatic rings. The highest BCUT2D eigenvalue weighted by atomic mass is 32.2. The zero-order valence-corrected chi connectivity index (χ0v) is 20.2. The van der Waals surface area contributed by atoms with Crippen molar-refractivity contribution < 1.29 is 18.3 Å². The Morgan fingerprint density at radius 1 is 1.06 bits per heavy atom. The maximum absolute atomic E-state index is 13.3. The molecule has 0 spiro atoms. The molecule has 0 bridgehead atoms. The van der Waals surface area contributed by atoms with E-state index in [1.165, 1.54) is 18.9 Å². The summed E-state index contributed by atoms with van der Waals surface area (Å²) in [6, 6.07) is 9.92. The van der Waals surface area contributed by atoms with Crippen LogP contribution in [0.5, 0.6) is 0 Å². The number of piperidine rings is 1. The number of nitrogens with zero attached hydrogens (tertiary/aromatic N) is 2. The Balaban J connectivity index is 1.62. The number of hydrogen-bond acceptors (Lipinski definition) is 5. The van der Waals surface area contributed by atoms with E-state index in [4.69, 9.17) is 0 Å². The van der Waals surface area contributed by atoms with Gasteiger partial charge in [0.1, 0.15) is 0 Å². The first-order valence-corrected chi connectivity index (χ1v) is 13.2. The summed E-state index contributed by atoms with van der Waals surface area (Å²) in [5.41, 5.74) is 2.75. The highest BCUT2D eigenvalue weighted by molar-refractivity contribution is 7.92. The maximum Gasteiger partial charge on any atom is 0.335 e. The number of rotatable bonds is 7. The SMILES string of the molecule is Cc1ccc(S(=O)(=O)Nc2cc(C(=O)O)ccc2N2CCCC(CN3CCCC3)C2)c(C)c1. The van der Waals surface area contributed by atoms with Crippen molar-refractivity contribution in [3.05, 3.63) is 53.1 Å². The van der Waals surface area contributed by atoms with Gasteiger partial charge < -0.3 is 14.9 Å². The Morgan fingerprint density at radius 2 is 1.82 bits per heavy atom. The average Bonchev–Trinajstić information content (AvgIpc) is 3.26. The molecule has 0 aliphatic carbocycles. The van der Waals surface area contributed by atoms with Gasteiger partial charge in [-0.25, -0.2) is 13.2 Å². The van der Waals surface area contributed by atoms with E-state index in [1.807, 2.05) is 13.0 Å². The third-order valence-corrected chi connectivity index (χ3v) is 8.21. The van der Waals surface area contributed by atoms with E-state index >= 15 is 0 Å². The molecular formula is C25H33N3O4S. The molecule has 8 heteroatoms. The van der Waals surface area contributed by atoms with Crippen LogP contribution in [0.15, 0.2) is 41.3 Å². The quantitative estimate of drug-likeness (QED) is 0.632. The normalized spacial score (nSPS) is 19.6. The minimum Gasteiger partial charge on any atom is -0.478 e. The van der Waals surface area contributed by atoms with E-state index in [-0.39, 0.29) is 10.5 Å². The fraction of sp³-hybridized carbons (Fsp3) is 0.480. The van der Waals surface area contributed by atoms with Gasteiger partial charge in [-0.15, -0.1) is 0 Å². The number of carbonyl (C=O) groups is 1. The number of aryl methyl sites for hydroxylation is 2. The number of carboxylic acid groups (broad SMARTS) is 1. The maximum atomic E-state index is 13.3. The number of likely N-dealkylation sites (tertiary alicyclic amines) is 1. The fourth-order valence-corrected chi connectivity index (χ4v) is 6.38. The van der Waals surface area contributed by atoms with Crippen molar-refractivity contribution in [2.24, 2.45) is 5.92 Å². The van der Waals surface area contributed by atoms with Gasteiger partial charge in [0, 0.05) is 19.6 Å². The number of anilines is 2. The molecule has 7 nitrogen and oxygen atoms in total. The van der Waals surface area contributed by atoms with Gasteiger partial charge in [-0.1, -0.05) is 17.7 Å². The van der Waals surface area contributed by atoms with Gasteiger partial charge in [-0.2, -0.15) is 0 Å². The molecule has 2 N–H and O–H groups in total. The monoisotopic (exact) mass is 471 g/mol. The van der Waals surface area contributed by atoms with Crippen LogP contribution in [-0.4, -0.2) is 57.1 Å². The van der Waals surface area contributed by atoms with Crippen LogP contribution < -0.4 is 9.62 Å².